The van der Waals surface area contributed by atoms with Gasteiger partial charge in [-0.25, -0.2) is 4.39 Å². The van der Waals surface area contributed by atoms with Crippen molar-refractivity contribution in [3.05, 3.63) is 34.6 Å². The number of ether oxygens (including phenoxy) is 2. The van der Waals surface area contributed by atoms with Crippen molar-refractivity contribution < 1.29 is 13.9 Å². The van der Waals surface area contributed by atoms with E-state index in [2.05, 4.69) is 12.2 Å². The number of methoxy groups -OCH3 is 1. The largest absolute Gasteiger partial charge is 0.382 e. The van der Waals surface area contributed by atoms with Crippen LogP contribution in [0.25, 0.3) is 0 Å². The summed E-state index contributed by atoms with van der Waals surface area (Å²) in [6, 6.07) is 5.16. The summed E-state index contributed by atoms with van der Waals surface area (Å²) in [6.07, 6.45) is 1.58. The molecule has 1 aromatic rings. The second-order valence-electron chi connectivity index (χ2n) is 4.64. The topological polar surface area (TPSA) is 30.5 Å². The average Bonchev–Trinajstić information content (AvgIpc) is 2.45. The van der Waals surface area contributed by atoms with Gasteiger partial charge < -0.3 is 14.8 Å². The van der Waals surface area contributed by atoms with Gasteiger partial charge >= 0.3 is 0 Å². The quantitative estimate of drug-likeness (QED) is 0.674. The standard InChI is InChI=1S/C15H23ClFNO2/c1-3-7-18-13(11-20-9-8-19-2)10-12-5-4-6-14(16)15(12)17/h4-6,13,18H,3,7-11H2,1-2H3. The van der Waals surface area contributed by atoms with Crippen LogP contribution in [0, 0.1) is 5.82 Å². The third kappa shape index (κ3) is 6.18. The first-order chi connectivity index (χ1) is 9.69. The van der Waals surface area contributed by atoms with Crippen LogP contribution in [0.2, 0.25) is 5.02 Å². The summed E-state index contributed by atoms with van der Waals surface area (Å²) >= 11 is 5.80. The minimum Gasteiger partial charge on any atom is -0.382 e. The van der Waals surface area contributed by atoms with Crippen molar-refractivity contribution in [3.63, 3.8) is 0 Å². The van der Waals surface area contributed by atoms with Gasteiger partial charge in [-0.1, -0.05) is 30.7 Å². The van der Waals surface area contributed by atoms with Gasteiger partial charge in [0, 0.05) is 13.2 Å². The van der Waals surface area contributed by atoms with Gasteiger partial charge in [-0.3, -0.25) is 0 Å². The summed E-state index contributed by atoms with van der Waals surface area (Å²) in [4.78, 5) is 0. The fourth-order valence-electron chi connectivity index (χ4n) is 1.88. The normalized spacial score (nSPS) is 12.6. The van der Waals surface area contributed by atoms with E-state index >= 15 is 0 Å². The third-order valence-corrected chi connectivity index (χ3v) is 3.22. The minimum absolute atomic E-state index is 0.0692. The van der Waals surface area contributed by atoms with E-state index in [0.717, 1.165) is 13.0 Å². The van der Waals surface area contributed by atoms with Crippen LogP contribution in [0.4, 0.5) is 4.39 Å². The Morgan fingerprint density at radius 1 is 1.35 bits per heavy atom. The summed E-state index contributed by atoms with van der Waals surface area (Å²) in [5.74, 6) is -0.339. The molecule has 0 radical (unpaired) electrons. The van der Waals surface area contributed by atoms with Crippen LogP contribution in [0.15, 0.2) is 18.2 Å². The van der Waals surface area contributed by atoms with Gasteiger partial charge in [0.25, 0.3) is 0 Å². The van der Waals surface area contributed by atoms with E-state index in [1.807, 2.05) is 0 Å². The van der Waals surface area contributed by atoms with Crippen molar-refractivity contribution in [2.75, 3.05) is 33.5 Å². The Balaban J connectivity index is 2.56. The first kappa shape index (κ1) is 17.4. The van der Waals surface area contributed by atoms with Crippen LogP contribution in [0.1, 0.15) is 18.9 Å². The lowest BCUT2D eigenvalue weighted by Crippen LogP contribution is -2.36. The fraction of sp³-hybridized carbons (Fsp3) is 0.600. The highest BCUT2D eigenvalue weighted by Crippen LogP contribution is 2.19. The number of hydrogen-bond acceptors (Lipinski definition) is 3. The van der Waals surface area contributed by atoms with E-state index < -0.39 is 0 Å². The summed E-state index contributed by atoms with van der Waals surface area (Å²) in [5.41, 5.74) is 0.612. The van der Waals surface area contributed by atoms with Crippen molar-refractivity contribution in [2.24, 2.45) is 0 Å². The van der Waals surface area contributed by atoms with Gasteiger partial charge in [0.1, 0.15) is 5.82 Å². The molecule has 0 saturated heterocycles. The lowest BCUT2D eigenvalue weighted by atomic mass is 10.1. The Morgan fingerprint density at radius 2 is 2.15 bits per heavy atom. The third-order valence-electron chi connectivity index (χ3n) is 2.93. The van der Waals surface area contributed by atoms with Crippen LogP contribution < -0.4 is 5.32 Å². The van der Waals surface area contributed by atoms with E-state index in [-0.39, 0.29) is 16.9 Å². The van der Waals surface area contributed by atoms with Gasteiger partial charge in [-0.05, 0) is 31.0 Å². The molecule has 0 aliphatic carbocycles. The van der Waals surface area contributed by atoms with Crippen molar-refractivity contribution in [1.29, 1.82) is 0 Å². The van der Waals surface area contributed by atoms with Crippen molar-refractivity contribution in [1.82, 2.24) is 5.32 Å². The van der Waals surface area contributed by atoms with Crippen molar-refractivity contribution in [2.45, 2.75) is 25.8 Å². The van der Waals surface area contributed by atoms with Crippen LogP contribution in [0.3, 0.4) is 0 Å². The van der Waals surface area contributed by atoms with E-state index in [1.165, 1.54) is 0 Å². The maximum atomic E-state index is 13.9. The zero-order valence-corrected chi connectivity index (χ0v) is 12.9. The predicted octanol–water partition coefficient (Wildman–Crippen LogP) is 3.05. The molecule has 0 fully saturated rings. The smallest absolute Gasteiger partial charge is 0.145 e. The van der Waals surface area contributed by atoms with E-state index in [0.29, 0.717) is 31.8 Å². The van der Waals surface area contributed by atoms with E-state index in [1.54, 1.807) is 25.3 Å². The van der Waals surface area contributed by atoms with Crippen LogP contribution in [-0.4, -0.2) is 39.5 Å². The van der Waals surface area contributed by atoms with Gasteiger partial charge in [-0.2, -0.15) is 0 Å². The molecule has 0 aromatic heterocycles. The molecule has 20 heavy (non-hydrogen) atoms. The summed E-state index contributed by atoms with van der Waals surface area (Å²) < 4.78 is 24.4. The SMILES string of the molecule is CCCNC(COCCOC)Cc1cccc(Cl)c1F. The molecule has 0 aliphatic rings. The molecule has 1 N–H and O–H groups in total. The number of halogens is 2. The molecular formula is C15H23ClFNO2. The lowest BCUT2D eigenvalue weighted by molar-refractivity contribution is 0.0586. The highest BCUT2D eigenvalue weighted by molar-refractivity contribution is 6.30. The van der Waals surface area contributed by atoms with Crippen LogP contribution in [0.5, 0.6) is 0 Å². The monoisotopic (exact) mass is 303 g/mol. The number of hydrogen-bond donors (Lipinski definition) is 1. The second-order valence-corrected chi connectivity index (χ2v) is 5.04. The Bertz CT molecular complexity index is 390. The molecule has 1 atom stereocenters. The van der Waals surface area contributed by atoms with E-state index in [4.69, 9.17) is 21.1 Å². The maximum absolute atomic E-state index is 13.9. The molecule has 0 saturated carbocycles. The van der Waals surface area contributed by atoms with Crippen LogP contribution >= 0.6 is 11.6 Å². The summed E-state index contributed by atoms with van der Waals surface area (Å²) in [7, 11) is 1.64. The Kier molecular flexibility index (Phi) is 8.78. The van der Waals surface area contributed by atoms with E-state index in [9.17, 15) is 4.39 Å². The first-order valence-corrected chi connectivity index (χ1v) is 7.29. The Hall–Kier alpha value is -0.680. The molecule has 0 heterocycles. The van der Waals surface area contributed by atoms with Gasteiger partial charge in [0.05, 0.1) is 24.8 Å². The lowest BCUT2D eigenvalue weighted by Gasteiger charge is -2.19. The molecule has 1 unspecified atom stereocenters. The second kappa shape index (κ2) is 10.1. The molecular weight excluding hydrogens is 281 g/mol. The maximum Gasteiger partial charge on any atom is 0.145 e. The molecule has 114 valence electrons. The molecule has 3 nitrogen and oxygen atoms in total. The zero-order chi connectivity index (χ0) is 14.8. The Morgan fingerprint density at radius 3 is 2.85 bits per heavy atom. The fourth-order valence-corrected chi connectivity index (χ4v) is 2.07. The first-order valence-electron chi connectivity index (χ1n) is 6.92. The van der Waals surface area contributed by atoms with Gasteiger partial charge in [-0.15, -0.1) is 0 Å². The molecule has 0 amide bonds. The van der Waals surface area contributed by atoms with Crippen LogP contribution in [-0.2, 0) is 15.9 Å². The summed E-state index contributed by atoms with van der Waals surface area (Å²) in [5, 5.41) is 3.53. The molecule has 5 heteroatoms. The molecule has 0 bridgehead atoms. The van der Waals surface area contributed by atoms with Gasteiger partial charge in [0.2, 0.25) is 0 Å². The highest BCUT2D eigenvalue weighted by atomic mass is 35.5. The average molecular weight is 304 g/mol. The Labute approximate surface area is 125 Å². The molecule has 0 spiro atoms. The predicted molar refractivity (Wildman–Crippen MR) is 79.9 cm³/mol. The number of rotatable bonds is 10. The van der Waals surface area contributed by atoms with Gasteiger partial charge in [0.15, 0.2) is 0 Å². The highest BCUT2D eigenvalue weighted by Gasteiger charge is 2.13. The minimum atomic E-state index is -0.339. The number of benzene rings is 1. The molecule has 1 rings (SSSR count). The van der Waals surface area contributed by atoms with Crippen molar-refractivity contribution >= 4 is 11.6 Å². The number of nitrogens with one attached hydrogen (secondary N) is 1. The molecule has 0 aliphatic heterocycles. The van der Waals surface area contributed by atoms with Crippen molar-refractivity contribution in [3.8, 4) is 0 Å². The molecule has 1 aromatic carbocycles. The zero-order valence-electron chi connectivity index (χ0n) is 12.1. The summed E-state index contributed by atoms with van der Waals surface area (Å²) in [6.45, 7) is 4.59.